The summed E-state index contributed by atoms with van der Waals surface area (Å²) in [5.74, 6) is 2.05. The largest absolute Gasteiger partial charge is 0.325 e. The number of aromatic nitrogens is 2. The molecule has 1 aliphatic heterocycles. The van der Waals surface area contributed by atoms with E-state index in [0.717, 1.165) is 27.1 Å². The van der Waals surface area contributed by atoms with Crippen molar-refractivity contribution in [2.75, 3.05) is 5.32 Å². The summed E-state index contributed by atoms with van der Waals surface area (Å²) < 4.78 is 1.71. The van der Waals surface area contributed by atoms with Gasteiger partial charge in [0.2, 0.25) is 5.91 Å². The molecule has 0 radical (unpaired) electrons. The second kappa shape index (κ2) is 7.89. The van der Waals surface area contributed by atoms with Gasteiger partial charge in [-0.2, -0.15) is 0 Å². The second-order valence-electron chi connectivity index (χ2n) is 9.29. The minimum atomic E-state index is -0.162. The summed E-state index contributed by atoms with van der Waals surface area (Å²) in [5, 5.41) is 4.47. The molecule has 2 fully saturated rings. The predicted molar refractivity (Wildman–Crippen MR) is 128 cm³/mol. The van der Waals surface area contributed by atoms with Gasteiger partial charge in [0.05, 0.1) is 5.03 Å². The molecule has 5 nitrogen and oxygen atoms in total. The number of rotatable bonds is 4. The highest BCUT2D eigenvalue weighted by atomic mass is 32.2. The molecule has 164 valence electrons. The number of benzene rings is 1. The first-order chi connectivity index (χ1) is 15.6. The van der Waals surface area contributed by atoms with E-state index >= 15 is 0 Å². The van der Waals surface area contributed by atoms with E-state index in [0.29, 0.717) is 17.1 Å². The van der Waals surface area contributed by atoms with E-state index in [-0.39, 0.29) is 23.2 Å². The highest BCUT2D eigenvalue weighted by molar-refractivity contribution is 8.00. The minimum Gasteiger partial charge on any atom is -0.325 e. The smallest absolute Gasteiger partial charge is 0.308 e. The Morgan fingerprint density at radius 3 is 2.78 bits per heavy atom. The number of amides is 1. The summed E-state index contributed by atoms with van der Waals surface area (Å²) >= 11 is 3.18. The summed E-state index contributed by atoms with van der Waals surface area (Å²) in [6.07, 6.45) is 7.66. The monoisotopic (exact) mass is 463 g/mol. The summed E-state index contributed by atoms with van der Waals surface area (Å²) in [6.45, 7) is 2.07. The van der Waals surface area contributed by atoms with Crippen molar-refractivity contribution < 1.29 is 4.79 Å². The Labute approximate surface area is 195 Å². The van der Waals surface area contributed by atoms with Gasteiger partial charge in [0.15, 0.2) is 0 Å². The minimum absolute atomic E-state index is 0.0391. The lowest BCUT2D eigenvalue weighted by atomic mass is 9.75. The normalized spacial score (nSPS) is 27.7. The molecule has 2 aliphatic carbocycles. The first kappa shape index (κ1) is 20.2. The van der Waals surface area contributed by atoms with Crippen LogP contribution in [0.25, 0.3) is 0 Å². The average molecular weight is 464 g/mol. The summed E-state index contributed by atoms with van der Waals surface area (Å²) in [4.78, 5) is 31.4. The quantitative estimate of drug-likeness (QED) is 0.598. The Morgan fingerprint density at radius 2 is 2.00 bits per heavy atom. The molecule has 2 saturated carbocycles. The first-order valence-electron chi connectivity index (χ1n) is 11.2. The van der Waals surface area contributed by atoms with Crippen LogP contribution in [0.15, 0.2) is 58.6 Å². The molecule has 2 aromatic heterocycles. The van der Waals surface area contributed by atoms with E-state index in [4.69, 9.17) is 0 Å². The van der Waals surface area contributed by atoms with Gasteiger partial charge in [0.1, 0.15) is 6.54 Å². The first-order valence-corrected chi connectivity index (χ1v) is 12.9. The fourth-order valence-corrected chi connectivity index (χ4v) is 9.15. The topological polar surface area (TPSA) is 64.0 Å². The SMILES string of the molecule is Cc1ccc(NC(=O)Cn2c3c(sc2=O)[C@@H](c2cccnc2)C2C4CCC(C4)C2S3)cc1. The van der Waals surface area contributed by atoms with Crippen molar-refractivity contribution in [1.29, 1.82) is 0 Å². The number of anilines is 1. The molecular formula is C25H25N3O2S2. The van der Waals surface area contributed by atoms with Crippen LogP contribution in [0.4, 0.5) is 5.69 Å². The number of thiazole rings is 1. The number of carbonyl (C=O) groups is 1. The molecule has 4 unspecified atom stereocenters. The van der Waals surface area contributed by atoms with Crippen molar-refractivity contribution in [2.45, 2.75) is 48.9 Å². The molecule has 6 rings (SSSR count). The molecule has 3 aromatic rings. The van der Waals surface area contributed by atoms with Crippen LogP contribution in [0.5, 0.6) is 0 Å². The van der Waals surface area contributed by atoms with Crippen molar-refractivity contribution >= 4 is 34.7 Å². The summed E-state index contributed by atoms with van der Waals surface area (Å²) in [7, 11) is 0. The third kappa shape index (κ3) is 3.33. The van der Waals surface area contributed by atoms with E-state index in [1.54, 1.807) is 4.57 Å². The molecule has 7 heteroatoms. The van der Waals surface area contributed by atoms with Crippen LogP contribution in [0.2, 0.25) is 0 Å². The van der Waals surface area contributed by atoms with Crippen molar-refractivity contribution in [1.82, 2.24) is 9.55 Å². The van der Waals surface area contributed by atoms with E-state index < -0.39 is 0 Å². The van der Waals surface area contributed by atoms with Gasteiger partial charge < -0.3 is 5.32 Å². The zero-order valence-electron chi connectivity index (χ0n) is 17.9. The standard InChI is InChI=1S/C25H25N3O2S2/c1-14-4-8-18(9-5-14)27-19(29)13-28-24-23(32-25(28)30)21(17-3-2-10-26-12-17)20-15-6-7-16(11-15)22(20)31-24/h2-5,8-10,12,15-16,20-22H,6-7,11,13H2,1H3,(H,27,29)/t15?,16?,20?,21-,22?/m0/s1. The molecule has 1 N–H and O–H groups in total. The molecule has 5 atom stereocenters. The van der Waals surface area contributed by atoms with E-state index in [2.05, 4.69) is 16.4 Å². The van der Waals surface area contributed by atoms with Gasteiger partial charge in [0, 0.05) is 34.1 Å². The van der Waals surface area contributed by atoms with Crippen molar-refractivity contribution in [3.8, 4) is 0 Å². The van der Waals surface area contributed by atoms with Crippen LogP contribution in [-0.4, -0.2) is 20.7 Å². The lowest BCUT2D eigenvalue weighted by Gasteiger charge is -2.40. The molecule has 32 heavy (non-hydrogen) atoms. The molecule has 1 amide bonds. The molecule has 3 aliphatic rings. The number of thioether (sulfide) groups is 1. The Morgan fingerprint density at radius 1 is 1.19 bits per heavy atom. The fraction of sp³-hybridized carbons (Fsp3) is 0.400. The third-order valence-corrected chi connectivity index (χ3v) is 10.2. The molecule has 2 bridgehead atoms. The van der Waals surface area contributed by atoms with Gasteiger partial charge in [0.25, 0.3) is 0 Å². The van der Waals surface area contributed by atoms with E-state index in [1.807, 2.05) is 61.4 Å². The van der Waals surface area contributed by atoms with Gasteiger partial charge in [-0.05, 0) is 67.7 Å². The van der Waals surface area contributed by atoms with Crippen molar-refractivity contribution in [2.24, 2.45) is 17.8 Å². The average Bonchev–Trinajstić information content (AvgIpc) is 3.49. The van der Waals surface area contributed by atoms with Crippen LogP contribution in [0.3, 0.4) is 0 Å². The third-order valence-electron chi connectivity index (χ3n) is 7.37. The van der Waals surface area contributed by atoms with Crippen LogP contribution >= 0.6 is 23.1 Å². The van der Waals surface area contributed by atoms with E-state index in [9.17, 15) is 9.59 Å². The zero-order chi connectivity index (χ0) is 21.8. The number of nitrogens with zero attached hydrogens (tertiary/aromatic N) is 2. The number of nitrogens with one attached hydrogen (secondary N) is 1. The summed E-state index contributed by atoms with van der Waals surface area (Å²) in [6, 6.07) is 11.9. The lowest BCUT2D eigenvalue weighted by Crippen LogP contribution is -2.34. The van der Waals surface area contributed by atoms with Gasteiger partial charge in [-0.25, -0.2) is 0 Å². The van der Waals surface area contributed by atoms with Crippen molar-refractivity contribution in [3.05, 3.63) is 74.5 Å². The number of carbonyl (C=O) groups excluding carboxylic acids is 1. The van der Waals surface area contributed by atoms with Gasteiger partial charge in [-0.3, -0.25) is 19.1 Å². The van der Waals surface area contributed by atoms with Crippen LogP contribution in [0, 0.1) is 24.7 Å². The number of hydrogen-bond acceptors (Lipinski definition) is 5. The maximum absolute atomic E-state index is 13.1. The van der Waals surface area contributed by atoms with E-state index in [1.165, 1.54) is 36.2 Å². The Balaban J connectivity index is 1.35. The number of hydrogen-bond donors (Lipinski definition) is 1. The highest BCUT2D eigenvalue weighted by Crippen LogP contribution is 2.63. The Kier molecular flexibility index (Phi) is 4.99. The van der Waals surface area contributed by atoms with Gasteiger partial charge >= 0.3 is 4.87 Å². The predicted octanol–water partition coefficient (Wildman–Crippen LogP) is 4.90. The number of fused-ring (bicyclic) bond motifs is 6. The molecular weight excluding hydrogens is 438 g/mol. The zero-order valence-corrected chi connectivity index (χ0v) is 19.5. The van der Waals surface area contributed by atoms with Crippen molar-refractivity contribution in [3.63, 3.8) is 0 Å². The maximum Gasteiger partial charge on any atom is 0.308 e. The summed E-state index contributed by atoms with van der Waals surface area (Å²) in [5.41, 5.74) is 3.10. The van der Waals surface area contributed by atoms with Crippen LogP contribution in [0.1, 0.15) is 41.2 Å². The Hall–Kier alpha value is -2.38. The Bertz CT molecular complexity index is 1220. The van der Waals surface area contributed by atoms with Crippen LogP contribution < -0.4 is 10.2 Å². The lowest BCUT2D eigenvalue weighted by molar-refractivity contribution is -0.116. The molecule has 3 heterocycles. The highest BCUT2D eigenvalue weighted by Gasteiger charge is 2.55. The fourth-order valence-electron chi connectivity index (χ4n) is 6.00. The van der Waals surface area contributed by atoms with Gasteiger partial charge in [-0.1, -0.05) is 35.1 Å². The number of aryl methyl sites for hydroxylation is 1. The van der Waals surface area contributed by atoms with Gasteiger partial charge in [-0.15, -0.1) is 11.8 Å². The number of pyridine rings is 1. The second-order valence-corrected chi connectivity index (χ2v) is 11.5. The van der Waals surface area contributed by atoms with Crippen LogP contribution in [-0.2, 0) is 11.3 Å². The molecule has 1 aromatic carbocycles. The maximum atomic E-state index is 13.1. The molecule has 0 saturated heterocycles. The molecule has 0 spiro atoms.